The molecule has 1 N–H and O–H groups in total. The number of carbonyl (C=O) groups is 2. The molecule has 1 atom stereocenters. The Labute approximate surface area is 156 Å². The van der Waals surface area contributed by atoms with Gasteiger partial charge in [-0.2, -0.15) is 0 Å². The molecule has 3 heterocycles. The van der Waals surface area contributed by atoms with Gasteiger partial charge in [-0.3, -0.25) is 14.6 Å². The summed E-state index contributed by atoms with van der Waals surface area (Å²) in [6, 6.07) is 8.17. The number of thiophene rings is 1. The van der Waals surface area contributed by atoms with E-state index >= 15 is 0 Å². The molecule has 0 saturated carbocycles. The van der Waals surface area contributed by atoms with Crippen molar-refractivity contribution >= 4 is 23.0 Å². The Kier molecular flexibility index (Phi) is 5.49. The molecule has 0 aliphatic carbocycles. The summed E-state index contributed by atoms with van der Waals surface area (Å²) in [4.78, 5) is 34.0. The van der Waals surface area contributed by atoms with E-state index in [1.54, 1.807) is 40.7 Å². The van der Waals surface area contributed by atoms with E-state index in [9.17, 15) is 14.7 Å². The molecule has 0 bridgehead atoms. The van der Waals surface area contributed by atoms with Crippen molar-refractivity contribution in [2.75, 3.05) is 27.2 Å². The van der Waals surface area contributed by atoms with E-state index in [1.165, 1.54) is 11.3 Å². The zero-order chi connectivity index (χ0) is 18.7. The van der Waals surface area contributed by atoms with Gasteiger partial charge >= 0.3 is 0 Å². The van der Waals surface area contributed by atoms with Crippen LogP contribution in [0, 0.1) is 0 Å². The summed E-state index contributed by atoms with van der Waals surface area (Å²) in [6.07, 6.45) is 2.36. The number of nitrogens with zero attached hydrogens (tertiary/aromatic N) is 3. The molecular formula is C19H21N3O3S. The topological polar surface area (TPSA) is 73.7 Å². The van der Waals surface area contributed by atoms with Gasteiger partial charge in [0.1, 0.15) is 6.04 Å². The van der Waals surface area contributed by atoms with E-state index in [0.717, 1.165) is 13.0 Å². The number of amides is 1. The van der Waals surface area contributed by atoms with Crippen LogP contribution in [0.5, 0.6) is 0 Å². The van der Waals surface area contributed by atoms with Crippen LogP contribution >= 0.6 is 11.3 Å². The zero-order valence-electron chi connectivity index (χ0n) is 14.8. The van der Waals surface area contributed by atoms with Crippen molar-refractivity contribution < 1.29 is 14.7 Å². The number of pyridine rings is 1. The summed E-state index contributed by atoms with van der Waals surface area (Å²) in [7, 11) is 3.92. The van der Waals surface area contributed by atoms with E-state index in [1.807, 2.05) is 25.1 Å². The van der Waals surface area contributed by atoms with Crippen molar-refractivity contribution in [1.82, 2.24) is 14.8 Å². The van der Waals surface area contributed by atoms with Crippen LogP contribution in [-0.2, 0) is 4.79 Å². The van der Waals surface area contributed by atoms with Gasteiger partial charge in [-0.1, -0.05) is 12.1 Å². The standard InChI is InChI=1S/C19H21N3O3S/c1-21(2)10-6-11-22-16(13-7-3-4-9-20-13)15(18(24)19(22)25)17(23)14-8-5-12-26-14/h3-5,7-9,12,16,24H,6,10-11H2,1-2H3/t16-/m1/s1. The van der Waals surface area contributed by atoms with Gasteiger partial charge in [-0.05, 0) is 50.6 Å². The van der Waals surface area contributed by atoms with Crippen LogP contribution < -0.4 is 0 Å². The van der Waals surface area contributed by atoms with Gasteiger partial charge in [0, 0.05) is 12.7 Å². The van der Waals surface area contributed by atoms with Crippen LogP contribution in [0.4, 0.5) is 0 Å². The van der Waals surface area contributed by atoms with Crippen LogP contribution in [0.15, 0.2) is 53.2 Å². The fourth-order valence-corrected chi connectivity index (χ4v) is 3.74. The summed E-state index contributed by atoms with van der Waals surface area (Å²) in [6.45, 7) is 1.23. The largest absolute Gasteiger partial charge is 0.503 e. The fourth-order valence-electron chi connectivity index (χ4n) is 3.06. The van der Waals surface area contributed by atoms with Gasteiger partial charge in [0.05, 0.1) is 16.1 Å². The monoisotopic (exact) mass is 371 g/mol. The quantitative estimate of drug-likeness (QED) is 0.758. The highest BCUT2D eigenvalue weighted by Gasteiger charge is 2.44. The van der Waals surface area contributed by atoms with E-state index in [0.29, 0.717) is 17.1 Å². The van der Waals surface area contributed by atoms with Crippen molar-refractivity contribution in [2.45, 2.75) is 12.5 Å². The zero-order valence-corrected chi connectivity index (χ0v) is 15.6. The van der Waals surface area contributed by atoms with E-state index in [-0.39, 0.29) is 11.4 Å². The molecule has 0 unspecified atom stereocenters. The van der Waals surface area contributed by atoms with Crippen LogP contribution in [0.3, 0.4) is 0 Å². The third-order valence-electron chi connectivity index (χ3n) is 4.27. The van der Waals surface area contributed by atoms with E-state index < -0.39 is 17.7 Å². The Bertz CT molecular complexity index is 816. The van der Waals surface area contributed by atoms with Crippen LogP contribution in [0.25, 0.3) is 0 Å². The molecule has 1 aliphatic rings. The number of Topliss-reactive ketones (excluding diaryl/α,β-unsaturated/α-hetero) is 1. The summed E-state index contributed by atoms with van der Waals surface area (Å²) >= 11 is 1.29. The minimum Gasteiger partial charge on any atom is -0.503 e. The maximum atomic E-state index is 13.0. The highest BCUT2D eigenvalue weighted by molar-refractivity contribution is 7.12. The lowest BCUT2D eigenvalue weighted by atomic mass is 9.99. The Morgan fingerprint density at radius 3 is 2.73 bits per heavy atom. The highest BCUT2D eigenvalue weighted by Crippen LogP contribution is 2.38. The first-order chi connectivity index (χ1) is 12.5. The minimum absolute atomic E-state index is 0.112. The van der Waals surface area contributed by atoms with Crippen molar-refractivity contribution in [2.24, 2.45) is 0 Å². The Morgan fingerprint density at radius 1 is 1.31 bits per heavy atom. The van der Waals surface area contributed by atoms with Crippen molar-refractivity contribution in [1.29, 1.82) is 0 Å². The summed E-state index contributed by atoms with van der Waals surface area (Å²) in [5.74, 6) is -1.31. The first-order valence-electron chi connectivity index (χ1n) is 8.38. The van der Waals surface area contributed by atoms with Crippen LogP contribution in [0.1, 0.15) is 27.8 Å². The molecule has 2 aromatic rings. The SMILES string of the molecule is CN(C)CCCN1C(=O)C(O)=C(C(=O)c2cccs2)[C@H]1c1ccccn1. The van der Waals surface area contributed by atoms with Gasteiger partial charge < -0.3 is 14.9 Å². The number of aliphatic hydroxyl groups is 1. The number of ketones is 1. The number of rotatable bonds is 7. The third kappa shape index (κ3) is 3.54. The van der Waals surface area contributed by atoms with E-state index in [4.69, 9.17) is 0 Å². The van der Waals surface area contributed by atoms with Gasteiger partial charge in [0.15, 0.2) is 5.76 Å². The van der Waals surface area contributed by atoms with Crippen LogP contribution in [0.2, 0.25) is 0 Å². The second kappa shape index (κ2) is 7.80. The van der Waals surface area contributed by atoms with Gasteiger partial charge in [-0.25, -0.2) is 0 Å². The lowest BCUT2D eigenvalue weighted by molar-refractivity contribution is -0.129. The lowest BCUT2D eigenvalue weighted by Gasteiger charge is -2.26. The molecule has 26 heavy (non-hydrogen) atoms. The number of hydrogen-bond acceptors (Lipinski definition) is 6. The number of carbonyl (C=O) groups excluding carboxylic acids is 2. The first-order valence-corrected chi connectivity index (χ1v) is 9.26. The summed E-state index contributed by atoms with van der Waals surface area (Å²) < 4.78 is 0. The molecule has 2 aromatic heterocycles. The number of hydrogen-bond donors (Lipinski definition) is 1. The molecule has 0 aromatic carbocycles. The highest BCUT2D eigenvalue weighted by atomic mass is 32.1. The number of aromatic nitrogens is 1. The predicted molar refractivity (Wildman–Crippen MR) is 100 cm³/mol. The van der Waals surface area contributed by atoms with Gasteiger partial charge in [0.25, 0.3) is 5.91 Å². The molecule has 136 valence electrons. The number of aliphatic hydroxyl groups excluding tert-OH is 1. The predicted octanol–water partition coefficient (Wildman–Crippen LogP) is 2.67. The van der Waals surface area contributed by atoms with Gasteiger partial charge in [0.2, 0.25) is 5.78 Å². The molecule has 0 radical (unpaired) electrons. The maximum absolute atomic E-state index is 13.0. The fraction of sp³-hybridized carbons (Fsp3) is 0.316. The normalized spacial score (nSPS) is 17.4. The molecule has 1 amide bonds. The van der Waals surface area contributed by atoms with Crippen LogP contribution in [-0.4, -0.2) is 58.8 Å². The average Bonchev–Trinajstić information content (AvgIpc) is 3.24. The maximum Gasteiger partial charge on any atom is 0.290 e. The molecule has 1 aliphatic heterocycles. The summed E-state index contributed by atoms with van der Waals surface area (Å²) in [5, 5.41) is 12.3. The van der Waals surface area contributed by atoms with Crippen molar-refractivity contribution in [3.8, 4) is 0 Å². The second-order valence-corrected chi connectivity index (χ2v) is 7.33. The smallest absolute Gasteiger partial charge is 0.290 e. The lowest BCUT2D eigenvalue weighted by Crippen LogP contribution is -2.33. The second-order valence-electron chi connectivity index (χ2n) is 6.38. The summed E-state index contributed by atoms with van der Waals surface area (Å²) in [5.41, 5.74) is 0.690. The Morgan fingerprint density at radius 2 is 2.12 bits per heavy atom. The van der Waals surface area contributed by atoms with Crippen molar-refractivity contribution in [3.05, 3.63) is 63.8 Å². The average molecular weight is 371 g/mol. The molecule has 3 rings (SSSR count). The molecule has 0 saturated heterocycles. The first kappa shape index (κ1) is 18.3. The van der Waals surface area contributed by atoms with Crippen molar-refractivity contribution in [3.63, 3.8) is 0 Å². The Balaban J connectivity index is 1.97. The molecule has 6 nitrogen and oxygen atoms in total. The van der Waals surface area contributed by atoms with Gasteiger partial charge in [-0.15, -0.1) is 11.3 Å². The molecule has 7 heteroatoms. The third-order valence-corrected chi connectivity index (χ3v) is 5.13. The molecule has 0 fully saturated rings. The molecule has 0 spiro atoms. The Hall–Kier alpha value is -2.51. The minimum atomic E-state index is -0.666. The molecular weight excluding hydrogens is 350 g/mol. The van der Waals surface area contributed by atoms with E-state index in [2.05, 4.69) is 4.98 Å².